The van der Waals surface area contributed by atoms with Crippen LogP contribution in [0, 0.1) is 0 Å². The molecule has 4 aromatic rings. The first-order valence-electron chi connectivity index (χ1n) is 10.4. The summed E-state index contributed by atoms with van der Waals surface area (Å²) in [6, 6.07) is 23.6. The van der Waals surface area contributed by atoms with Gasteiger partial charge in [-0.3, -0.25) is 9.69 Å². The van der Waals surface area contributed by atoms with Gasteiger partial charge in [0.15, 0.2) is 5.78 Å². The van der Waals surface area contributed by atoms with Gasteiger partial charge in [0.25, 0.3) is 0 Å². The van der Waals surface area contributed by atoms with Gasteiger partial charge in [-0.1, -0.05) is 41.9 Å². The lowest BCUT2D eigenvalue weighted by Crippen LogP contribution is -2.39. The van der Waals surface area contributed by atoms with Crippen LogP contribution < -0.4 is 4.74 Å². The summed E-state index contributed by atoms with van der Waals surface area (Å²) in [5, 5.41) is 1.90. The predicted molar refractivity (Wildman–Crippen MR) is 124 cm³/mol. The number of H-pyrrole nitrogens is 1. The average Bonchev–Trinajstić information content (AvgIpc) is 3.18. The van der Waals surface area contributed by atoms with E-state index in [1.54, 1.807) is 31.4 Å². The lowest BCUT2D eigenvalue weighted by Gasteiger charge is -2.35. The zero-order valence-electron chi connectivity index (χ0n) is 17.3. The monoisotopic (exact) mass is 430 g/mol. The third-order valence-electron chi connectivity index (χ3n) is 6.08. The maximum atomic E-state index is 13.1. The van der Waals surface area contributed by atoms with Crippen molar-refractivity contribution in [1.82, 2.24) is 9.88 Å². The number of halogens is 1. The van der Waals surface area contributed by atoms with Gasteiger partial charge in [-0.15, -0.1) is 0 Å². The molecule has 2 heterocycles. The van der Waals surface area contributed by atoms with Crippen LogP contribution in [0.4, 0.5) is 0 Å². The van der Waals surface area contributed by atoms with E-state index in [2.05, 4.69) is 46.3 Å². The van der Waals surface area contributed by atoms with Gasteiger partial charge in [-0.2, -0.15) is 0 Å². The molecular formula is C26H23ClN2O2. The summed E-state index contributed by atoms with van der Waals surface area (Å²) >= 11 is 5.99. The maximum Gasteiger partial charge on any atom is 0.176 e. The number of benzene rings is 3. The Morgan fingerprint density at radius 2 is 1.81 bits per heavy atom. The number of Topliss-reactive ketones (excluding diaryl/α,β-unsaturated/α-hetero) is 1. The molecule has 1 aliphatic heterocycles. The molecule has 0 unspecified atom stereocenters. The number of rotatable bonds is 5. The van der Waals surface area contributed by atoms with Crippen LogP contribution in [0.15, 0.2) is 72.8 Å². The second-order valence-electron chi connectivity index (χ2n) is 7.89. The van der Waals surface area contributed by atoms with Crippen LogP contribution in [-0.4, -0.2) is 35.9 Å². The standard InChI is InChI=1S/C26H23ClN2O2/c1-31-20-12-8-18(9-13-20)26-25-22(21-4-2-3-5-23(21)28-25)14-15-29(26)16-24(30)17-6-10-19(27)11-7-17/h2-13,26,28H,14-16H2,1H3/t26-/m1/s1. The molecule has 0 fully saturated rings. The number of ketones is 1. The van der Waals surface area contributed by atoms with Crippen molar-refractivity contribution in [3.05, 3.63) is 100 Å². The summed E-state index contributed by atoms with van der Waals surface area (Å²) in [4.78, 5) is 19.0. The third-order valence-corrected chi connectivity index (χ3v) is 6.33. The lowest BCUT2D eigenvalue weighted by atomic mass is 9.92. The number of carbonyl (C=O) groups excluding carboxylic acids is 1. The number of hydrogen-bond donors (Lipinski definition) is 1. The molecule has 0 saturated heterocycles. The van der Waals surface area contributed by atoms with Crippen molar-refractivity contribution in [2.24, 2.45) is 0 Å². The molecular weight excluding hydrogens is 408 g/mol. The van der Waals surface area contributed by atoms with E-state index in [0.717, 1.165) is 29.8 Å². The van der Waals surface area contributed by atoms with Crippen molar-refractivity contribution in [1.29, 1.82) is 0 Å². The number of para-hydroxylation sites is 1. The van der Waals surface area contributed by atoms with E-state index in [-0.39, 0.29) is 11.8 Å². The summed E-state index contributed by atoms with van der Waals surface area (Å²) in [5.41, 5.74) is 5.46. The molecule has 0 radical (unpaired) electrons. The fourth-order valence-electron chi connectivity index (χ4n) is 4.54. The van der Waals surface area contributed by atoms with E-state index < -0.39 is 0 Å². The Labute approximate surface area is 186 Å². The van der Waals surface area contributed by atoms with Gasteiger partial charge < -0.3 is 9.72 Å². The highest BCUT2D eigenvalue weighted by molar-refractivity contribution is 6.30. The van der Waals surface area contributed by atoms with E-state index in [1.807, 2.05) is 12.1 Å². The number of nitrogens with one attached hydrogen (secondary N) is 1. The van der Waals surface area contributed by atoms with Gasteiger partial charge in [0.2, 0.25) is 0 Å². The minimum atomic E-state index is -0.0293. The molecule has 156 valence electrons. The number of carbonyl (C=O) groups is 1. The predicted octanol–water partition coefficient (Wildman–Crippen LogP) is 5.66. The van der Waals surface area contributed by atoms with Gasteiger partial charge in [-0.05, 0) is 60.0 Å². The van der Waals surface area contributed by atoms with E-state index in [4.69, 9.17) is 16.3 Å². The number of fused-ring (bicyclic) bond motifs is 3. The number of nitrogens with zero attached hydrogens (tertiary/aromatic N) is 1. The Balaban J connectivity index is 1.54. The average molecular weight is 431 g/mol. The van der Waals surface area contributed by atoms with Gasteiger partial charge >= 0.3 is 0 Å². The summed E-state index contributed by atoms with van der Waals surface area (Å²) in [5.74, 6) is 0.912. The molecule has 1 atom stereocenters. The van der Waals surface area contributed by atoms with E-state index in [1.165, 1.54) is 16.6 Å². The topological polar surface area (TPSA) is 45.3 Å². The lowest BCUT2D eigenvalue weighted by molar-refractivity contribution is 0.0899. The molecule has 0 spiro atoms. The van der Waals surface area contributed by atoms with Crippen molar-refractivity contribution in [3.8, 4) is 5.75 Å². The summed E-state index contributed by atoms with van der Waals surface area (Å²) in [6.45, 7) is 1.15. The molecule has 1 N–H and O–H groups in total. The molecule has 1 aliphatic rings. The molecule has 0 amide bonds. The highest BCUT2D eigenvalue weighted by Crippen LogP contribution is 2.38. The molecule has 0 bridgehead atoms. The maximum absolute atomic E-state index is 13.1. The van der Waals surface area contributed by atoms with Crippen LogP contribution in [0.25, 0.3) is 10.9 Å². The molecule has 5 rings (SSSR count). The number of hydrogen-bond acceptors (Lipinski definition) is 3. The number of aromatic amines is 1. The van der Waals surface area contributed by atoms with Crippen LogP contribution in [0.3, 0.4) is 0 Å². The second-order valence-corrected chi connectivity index (χ2v) is 8.33. The molecule has 4 nitrogen and oxygen atoms in total. The highest BCUT2D eigenvalue weighted by atomic mass is 35.5. The fourth-order valence-corrected chi connectivity index (χ4v) is 4.66. The zero-order valence-corrected chi connectivity index (χ0v) is 18.0. The molecule has 5 heteroatoms. The Hall–Kier alpha value is -3.08. The van der Waals surface area contributed by atoms with Crippen molar-refractivity contribution in [2.45, 2.75) is 12.5 Å². The smallest absolute Gasteiger partial charge is 0.176 e. The Morgan fingerprint density at radius 1 is 1.06 bits per heavy atom. The van der Waals surface area contributed by atoms with Gasteiger partial charge in [0.05, 0.1) is 19.7 Å². The normalized spacial score (nSPS) is 16.3. The van der Waals surface area contributed by atoms with Crippen molar-refractivity contribution < 1.29 is 9.53 Å². The number of aromatic nitrogens is 1. The van der Waals surface area contributed by atoms with E-state index in [9.17, 15) is 4.79 Å². The van der Waals surface area contributed by atoms with Gasteiger partial charge in [-0.25, -0.2) is 0 Å². The SMILES string of the molecule is COc1ccc([C@@H]2c3[nH]c4ccccc4c3CCN2CC(=O)c2ccc(Cl)cc2)cc1. The summed E-state index contributed by atoms with van der Waals surface area (Å²) in [6.07, 6.45) is 0.903. The number of ether oxygens (including phenoxy) is 1. The first kappa shape index (κ1) is 19.9. The Morgan fingerprint density at radius 3 is 2.55 bits per heavy atom. The van der Waals surface area contributed by atoms with E-state index in [0.29, 0.717) is 17.1 Å². The van der Waals surface area contributed by atoms with Crippen LogP contribution in [0.2, 0.25) is 5.02 Å². The molecule has 31 heavy (non-hydrogen) atoms. The van der Waals surface area contributed by atoms with Crippen LogP contribution in [-0.2, 0) is 6.42 Å². The van der Waals surface area contributed by atoms with Gasteiger partial charge in [0, 0.05) is 33.7 Å². The first-order chi connectivity index (χ1) is 15.1. The largest absolute Gasteiger partial charge is 0.497 e. The zero-order chi connectivity index (χ0) is 21.4. The summed E-state index contributed by atoms with van der Waals surface area (Å²) in [7, 11) is 1.67. The van der Waals surface area contributed by atoms with Crippen LogP contribution in [0.1, 0.15) is 33.2 Å². The van der Waals surface area contributed by atoms with E-state index >= 15 is 0 Å². The minimum absolute atomic E-state index is 0.0293. The van der Waals surface area contributed by atoms with Crippen molar-refractivity contribution >= 4 is 28.3 Å². The van der Waals surface area contributed by atoms with Crippen LogP contribution in [0.5, 0.6) is 5.75 Å². The molecule has 1 aromatic heterocycles. The summed E-state index contributed by atoms with van der Waals surface area (Å²) < 4.78 is 5.35. The van der Waals surface area contributed by atoms with Crippen LogP contribution >= 0.6 is 11.6 Å². The highest BCUT2D eigenvalue weighted by Gasteiger charge is 2.32. The molecule has 0 saturated carbocycles. The fraction of sp³-hybridized carbons (Fsp3) is 0.192. The van der Waals surface area contributed by atoms with Crippen molar-refractivity contribution in [3.63, 3.8) is 0 Å². The van der Waals surface area contributed by atoms with Crippen molar-refractivity contribution in [2.75, 3.05) is 20.2 Å². The first-order valence-corrected chi connectivity index (χ1v) is 10.8. The Kier molecular flexibility index (Phi) is 5.26. The molecule has 3 aromatic carbocycles. The van der Waals surface area contributed by atoms with Gasteiger partial charge in [0.1, 0.15) is 5.75 Å². The second kappa shape index (κ2) is 8.22. The Bertz CT molecular complexity index is 1230. The molecule has 0 aliphatic carbocycles. The third kappa shape index (κ3) is 3.73. The number of methoxy groups -OCH3 is 1. The quantitative estimate of drug-likeness (QED) is 0.415. The minimum Gasteiger partial charge on any atom is -0.497 e.